The maximum atomic E-state index is 13.1. The van der Waals surface area contributed by atoms with Gasteiger partial charge in [-0.05, 0) is 37.1 Å². The molecule has 0 saturated carbocycles. The van der Waals surface area contributed by atoms with Crippen LogP contribution >= 0.6 is 0 Å². The summed E-state index contributed by atoms with van der Waals surface area (Å²) in [5.74, 6) is 0. The Morgan fingerprint density at radius 2 is 1.85 bits per heavy atom. The molecule has 0 amide bonds. The molecule has 0 aliphatic carbocycles. The summed E-state index contributed by atoms with van der Waals surface area (Å²) in [6.07, 6.45) is -4.12. The van der Waals surface area contributed by atoms with E-state index in [0.717, 1.165) is 6.07 Å². The molecular weight excluding hydrogens is 274 g/mol. The Hall–Kier alpha value is -1.14. The lowest BCUT2D eigenvalue weighted by atomic mass is 9.81. The average molecular weight is 291 g/mol. The number of hydrogen-bond acceptors (Lipinski definition) is 2. The summed E-state index contributed by atoms with van der Waals surface area (Å²) in [6.45, 7) is 0.0991. The van der Waals surface area contributed by atoms with Crippen molar-refractivity contribution >= 4 is 0 Å². The first-order valence-electron chi connectivity index (χ1n) is 6.44. The molecule has 20 heavy (non-hydrogen) atoms. The average Bonchev–Trinajstić information content (AvgIpc) is 2.41. The summed E-state index contributed by atoms with van der Waals surface area (Å²) in [4.78, 5) is 1.96. The molecule has 0 aromatic heterocycles. The zero-order valence-corrected chi connectivity index (χ0v) is 11.2. The van der Waals surface area contributed by atoms with E-state index in [-0.39, 0.29) is 24.0 Å². The van der Waals surface area contributed by atoms with Crippen molar-refractivity contribution in [2.24, 2.45) is 0 Å². The van der Waals surface area contributed by atoms with Gasteiger partial charge in [-0.2, -0.15) is 13.2 Å². The van der Waals surface area contributed by atoms with Crippen LogP contribution in [0.1, 0.15) is 29.5 Å². The highest BCUT2D eigenvalue weighted by Crippen LogP contribution is 2.41. The molecular formula is C14H17F4NO. The van der Waals surface area contributed by atoms with E-state index in [9.17, 15) is 22.7 Å². The molecule has 2 rings (SSSR count). The fourth-order valence-electron chi connectivity index (χ4n) is 2.57. The van der Waals surface area contributed by atoms with Crippen LogP contribution in [0.15, 0.2) is 18.2 Å². The summed E-state index contributed by atoms with van der Waals surface area (Å²) >= 11 is 0. The molecule has 0 unspecified atom stereocenters. The number of hydrogen-bond donors (Lipinski definition) is 1. The molecule has 0 atom stereocenters. The molecule has 1 heterocycles. The van der Waals surface area contributed by atoms with Crippen molar-refractivity contribution in [3.8, 4) is 0 Å². The second-order valence-electron chi connectivity index (χ2n) is 5.35. The quantitative estimate of drug-likeness (QED) is 0.846. The Morgan fingerprint density at radius 3 is 2.35 bits per heavy atom. The van der Waals surface area contributed by atoms with Gasteiger partial charge in [0, 0.05) is 13.1 Å². The van der Waals surface area contributed by atoms with Crippen molar-refractivity contribution in [3.05, 3.63) is 34.9 Å². The lowest BCUT2D eigenvalue weighted by Crippen LogP contribution is -2.41. The van der Waals surface area contributed by atoms with Crippen LogP contribution in [0.25, 0.3) is 0 Å². The monoisotopic (exact) mass is 291 g/mol. The molecule has 112 valence electrons. The van der Waals surface area contributed by atoms with Crippen LogP contribution in [0.2, 0.25) is 0 Å². The Balaban J connectivity index is 2.45. The summed E-state index contributed by atoms with van der Waals surface area (Å²) < 4.78 is 51.9. The van der Waals surface area contributed by atoms with Crippen LogP contribution in [0.5, 0.6) is 0 Å². The number of aliphatic hydroxyl groups is 1. The number of benzene rings is 1. The van der Waals surface area contributed by atoms with Gasteiger partial charge < -0.3 is 10.0 Å². The van der Waals surface area contributed by atoms with Crippen LogP contribution in [-0.4, -0.2) is 30.1 Å². The smallest absolute Gasteiger partial charge is 0.385 e. The first-order valence-corrected chi connectivity index (χ1v) is 6.44. The molecule has 1 aliphatic heterocycles. The van der Waals surface area contributed by atoms with E-state index in [0.29, 0.717) is 13.1 Å². The van der Waals surface area contributed by atoms with E-state index in [1.807, 2.05) is 11.9 Å². The first-order chi connectivity index (χ1) is 9.26. The van der Waals surface area contributed by atoms with Crippen molar-refractivity contribution in [1.29, 1.82) is 0 Å². The standard InChI is InChI=1S/C14H17F4NO/c1-19-6-4-13(20,5-7-19)11-3-2-10(9-15)8-12(11)14(16,17)18/h2-3,8,20H,4-7,9H2,1H3. The number of likely N-dealkylation sites (tertiary alicyclic amines) is 1. The molecule has 1 saturated heterocycles. The van der Waals surface area contributed by atoms with Gasteiger partial charge >= 0.3 is 6.18 Å². The van der Waals surface area contributed by atoms with E-state index >= 15 is 0 Å². The second-order valence-corrected chi connectivity index (χ2v) is 5.35. The van der Waals surface area contributed by atoms with Crippen molar-refractivity contribution in [2.45, 2.75) is 31.3 Å². The highest BCUT2D eigenvalue weighted by Gasteiger charge is 2.42. The van der Waals surface area contributed by atoms with Gasteiger partial charge in [0.1, 0.15) is 6.67 Å². The third kappa shape index (κ3) is 2.96. The Labute approximate surface area is 115 Å². The van der Waals surface area contributed by atoms with Gasteiger partial charge in [0.2, 0.25) is 0 Å². The number of halogens is 4. The molecule has 6 heteroatoms. The second kappa shape index (κ2) is 5.33. The summed E-state index contributed by atoms with van der Waals surface area (Å²) in [7, 11) is 1.86. The maximum Gasteiger partial charge on any atom is 0.416 e. The third-order valence-electron chi connectivity index (χ3n) is 3.86. The number of alkyl halides is 4. The molecule has 1 aromatic carbocycles. The Bertz CT molecular complexity index is 479. The van der Waals surface area contributed by atoms with Crippen LogP contribution in [0.3, 0.4) is 0 Å². The molecule has 1 aromatic rings. The van der Waals surface area contributed by atoms with E-state index in [1.165, 1.54) is 12.1 Å². The molecule has 1 N–H and O–H groups in total. The minimum Gasteiger partial charge on any atom is -0.385 e. The van der Waals surface area contributed by atoms with Crippen molar-refractivity contribution in [1.82, 2.24) is 4.90 Å². The largest absolute Gasteiger partial charge is 0.416 e. The zero-order chi connectivity index (χ0) is 15.0. The van der Waals surface area contributed by atoms with Crippen molar-refractivity contribution in [3.63, 3.8) is 0 Å². The predicted molar refractivity (Wildman–Crippen MR) is 66.9 cm³/mol. The predicted octanol–water partition coefficient (Wildman–Crippen LogP) is 3.09. The number of rotatable bonds is 2. The van der Waals surface area contributed by atoms with Gasteiger partial charge in [0.25, 0.3) is 0 Å². The highest BCUT2D eigenvalue weighted by atomic mass is 19.4. The van der Waals surface area contributed by atoms with Crippen LogP contribution in [0, 0.1) is 0 Å². The van der Waals surface area contributed by atoms with E-state index < -0.39 is 24.0 Å². The normalized spacial score (nSPS) is 20.1. The molecule has 0 radical (unpaired) electrons. The molecule has 0 bridgehead atoms. The third-order valence-corrected chi connectivity index (χ3v) is 3.86. The van der Waals surface area contributed by atoms with Gasteiger partial charge in [-0.1, -0.05) is 12.1 Å². The van der Waals surface area contributed by atoms with E-state index in [4.69, 9.17) is 0 Å². The Kier molecular flexibility index (Phi) is 4.07. The summed E-state index contributed by atoms with van der Waals surface area (Å²) in [5.41, 5.74) is -2.60. The van der Waals surface area contributed by atoms with Gasteiger partial charge in [0.15, 0.2) is 0 Å². The maximum absolute atomic E-state index is 13.1. The fraction of sp³-hybridized carbons (Fsp3) is 0.571. The summed E-state index contributed by atoms with van der Waals surface area (Å²) in [6, 6.07) is 3.32. The lowest BCUT2D eigenvalue weighted by molar-refractivity contribution is -0.141. The first kappa shape index (κ1) is 15.3. The number of nitrogens with zero attached hydrogens (tertiary/aromatic N) is 1. The summed E-state index contributed by atoms with van der Waals surface area (Å²) in [5, 5.41) is 10.5. The van der Waals surface area contributed by atoms with Crippen LogP contribution in [0.4, 0.5) is 17.6 Å². The molecule has 0 spiro atoms. The van der Waals surface area contributed by atoms with Crippen molar-refractivity contribution < 1.29 is 22.7 Å². The van der Waals surface area contributed by atoms with E-state index in [2.05, 4.69) is 0 Å². The van der Waals surface area contributed by atoms with Crippen molar-refractivity contribution in [2.75, 3.05) is 20.1 Å². The van der Waals surface area contributed by atoms with Gasteiger partial charge in [-0.15, -0.1) is 0 Å². The molecule has 2 nitrogen and oxygen atoms in total. The minimum atomic E-state index is -4.60. The number of piperidine rings is 1. The highest BCUT2D eigenvalue weighted by molar-refractivity contribution is 5.38. The van der Waals surface area contributed by atoms with Gasteiger partial charge in [-0.25, -0.2) is 4.39 Å². The zero-order valence-electron chi connectivity index (χ0n) is 11.2. The van der Waals surface area contributed by atoms with Gasteiger partial charge in [0.05, 0.1) is 11.2 Å². The lowest BCUT2D eigenvalue weighted by Gasteiger charge is -2.38. The molecule has 1 aliphatic rings. The SMILES string of the molecule is CN1CCC(O)(c2ccc(CF)cc2C(F)(F)F)CC1. The Morgan fingerprint density at radius 1 is 1.25 bits per heavy atom. The van der Waals surface area contributed by atoms with E-state index in [1.54, 1.807) is 0 Å². The fourth-order valence-corrected chi connectivity index (χ4v) is 2.57. The minimum absolute atomic E-state index is 0.0300. The van der Waals surface area contributed by atoms with Gasteiger partial charge in [-0.3, -0.25) is 0 Å². The molecule has 1 fully saturated rings. The topological polar surface area (TPSA) is 23.5 Å². The van der Waals surface area contributed by atoms with Crippen LogP contribution in [-0.2, 0) is 18.5 Å². The van der Waals surface area contributed by atoms with Crippen LogP contribution < -0.4 is 0 Å².